The molecule has 0 aliphatic heterocycles. The van der Waals surface area contributed by atoms with Gasteiger partial charge < -0.3 is 19.8 Å². The first-order valence-electron chi connectivity index (χ1n) is 13.0. The van der Waals surface area contributed by atoms with Gasteiger partial charge in [0, 0.05) is 57.2 Å². The van der Waals surface area contributed by atoms with E-state index in [0.29, 0.717) is 24.0 Å². The number of methoxy groups -OCH3 is 1. The maximum atomic E-state index is 14.2. The number of aromatic amines is 2. The number of ketones is 2. The summed E-state index contributed by atoms with van der Waals surface area (Å²) < 4.78 is 5.68. The summed E-state index contributed by atoms with van der Waals surface area (Å²) in [5.74, 6) is -1.80. The molecule has 1 aliphatic rings. The first kappa shape index (κ1) is 26.0. The maximum absolute atomic E-state index is 14.2. The molecule has 0 atom stereocenters. The van der Waals surface area contributed by atoms with E-state index in [9.17, 15) is 14.7 Å². The minimum Gasteiger partial charge on any atom is -0.504 e. The molecular formula is C33H32N2O4. The first-order valence-corrected chi connectivity index (χ1v) is 13.0. The van der Waals surface area contributed by atoms with Gasteiger partial charge in [0.05, 0.1) is 18.3 Å². The molecule has 0 saturated carbocycles. The second kappa shape index (κ2) is 10.3. The number of para-hydroxylation sites is 2. The number of fused-ring (bicyclic) bond motifs is 2. The van der Waals surface area contributed by atoms with E-state index in [1.807, 2.05) is 82.3 Å². The Morgan fingerprint density at radius 3 is 1.67 bits per heavy atom. The standard InChI is InChI=1S/C33H32N2O4/c1-18(2)14-16-24-26(20-10-6-8-12-22(20)34-24)28-30(36)31(37)29(33(39-5)32(28)38)27-21-11-7-9-13-23(21)35-25(27)17-15-19(3)4/h6-15,34-36H,16-17H2,1-5H3. The molecule has 6 nitrogen and oxygen atoms in total. The van der Waals surface area contributed by atoms with Crippen molar-refractivity contribution in [2.75, 3.05) is 7.11 Å². The molecule has 2 aromatic carbocycles. The Balaban J connectivity index is 1.75. The Labute approximate surface area is 227 Å². The summed E-state index contributed by atoms with van der Waals surface area (Å²) in [5, 5.41) is 13.0. The van der Waals surface area contributed by atoms with E-state index in [1.165, 1.54) is 7.11 Å². The zero-order chi connectivity index (χ0) is 27.8. The van der Waals surface area contributed by atoms with Gasteiger partial charge in [0.2, 0.25) is 11.6 Å². The average molecular weight is 521 g/mol. The van der Waals surface area contributed by atoms with Gasteiger partial charge in [-0.2, -0.15) is 0 Å². The molecule has 6 heteroatoms. The van der Waals surface area contributed by atoms with Crippen molar-refractivity contribution >= 4 is 44.5 Å². The van der Waals surface area contributed by atoms with Crippen LogP contribution in [-0.2, 0) is 27.2 Å². The Hall–Kier alpha value is -4.58. The van der Waals surface area contributed by atoms with Crippen molar-refractivity contribution < 1.29 is 19.4 Å². The van der Waals surface area contributed by atoms with Gasteiger partial charge in [-0.15, -0.1) is 0 Å². The summed E-state index contributed by atoms with van der Waals surface area (Å²) >= 11 is 0. The molecule has 1 aliphatic carbocycles. The molecule has 0 unspecified atom stereocenters. The van der Waals surface area contributed by atoms with E-state index in [1.54, 1.807) is 0 Å². The van der Waals surface area contributed by atoms with Gasteiger partial charge in [-0.05, 0) is 39.8 Å². The van der Waals surface area contributed by atoms with Crippen LogP contribution in [0.4, 0.5) is 0 Å². The van der Waals surface area contributed by atoms with Crippen molar-refractivity contribution in [1.82, 2.24) is 9.97 Å². The molecule has 198 valence electrons. The van der Waals surface area contributed by atoms with Gasteiger partial charge in [0.25, 0.3) is 0 Å². The lowest BCUT2D eigenvalue weighted by molar-refractivity contribution is -0.117. The Morgan fingerprint density at radius 2 is 1.21 bits per heavy atom. The maximum Gasteiger partial charge on any atom is 0.232 e. The number of hydrogen-bond acceptors (Lipinski definition) is 4. The van der Waals surface area contributed by atoms with Crippen LogP contribution in [-0.4, -0.2) is 33.8 Å². The molecule has 0 fully saturated rings. The van der Waals surface area contributed by atoms with Gasteiger partial charge in [0.1, 0.15) is 0 Å². The topological polar surface area (TPSA) is 95.2 Å². The number of nitrogens with one attached hydrogen (secondary N) is 2. The molecule has 4 aromatic rings. The molecule has 5 rings (SSSR count). The van der Waals surface area contributed by atoms with E-state index in [0.717, 1.165) is 44.3 Å². The number of benzene rings is 2. The third-order valence-corrected chi connectivity index (χ3v) is 7.04. The molecule has 0 saturated heterocycles. The Morgan fingerprint density at radius 1 is 0.744 bits per heavy atom. The van der Waals surface area contributed by atoms with Crippen LogP contribution >= 0.6 is 0 Å². The number of ether oxygens (including phenoxy) is 1. The lowest BCUT2D eigenvalue weighted by atomic mass is 9.83. The van der Waals surface area contributed by atoms with Crippen LogP contribution in [0.5, 0.6) is 0 Å². The summed E-state index contributed by atoms with van der Waals surface area (Å²) in [7, 11) is 1.39. The Kier molecular flexibility index (Phi) is 6.87. The normalized spacial score (nSPS) is 14.0. The number of rotatable bonds is 7. The third kappa shape index (κ3) is 4.52. The number of allylic oxidation sites excluding steroid dienone is 6. The fourth-order valence-electron chi connectivity index (χ4n) is 5.21. The van der Waals surface area contributed by atoms with Gasteiger partial charge in [0.15, 0.2) is 11.5 Å². The van der Waals surface area contributed by atoms with Crippen molar-refractivity contribution in [2.45, 2.75) is 40.5 Å². The number of aromatic nitrogens is 2. The van der Waals surface area contributed by atoms with Crippen molar-refractivity contribution in [2.24, 2.45) is 0 Å². The largest absolute Gasteiger partial charge is 0.504 e. The van der Waals surface area contributed by atoms with Crippen LogP contribution in [0.3, 0.4) is 0 Å². The van der Waals surface area contributed by atoms with E-state index in [-0.39, 0.29) is 16.9 Å². The van der Waals surface area contributed by atoms with Crippen LogP contribution in [0.25, 0.3) is 33.0 Å². The van der Waals surface area contributed by atoms with Crippen molar-refractivity contribution in [3.05, 3.63) is 106 Å². The number of carbonyl (C=O) groups excluding carboxylic acids is 2. The molecule has 0 amide bonds. The molecule has 3 N–H and O–H groups in total. The summed E-state index contributed by atoms with van der Waals surface area (Å²) in [4.78, 5) is 35.0. The molecule has 2 heterocycles. The van der Waals surface area contributed by atoms with Crippen molar-refractivity contribution in [3.63, 3.8) is 0 Å². The summed E-state index contributed by atoms with van der Waals surface area (Å²) in [6.45, 7) is 8.01. The second-order valence-electron chi connectivity index (χ2n) is 10.3. The quantitative estimate of drug-likeness (QED) is 0.178. The monoisotopic (exact) mass is 520 g/mol. The third-order valence-electron chi connectivity index (χ3n) is 7.04. The highest BCUT2D eigenvalue weighted by Crippen LogP contribution is 2.42. The van der Waals surface area contributed by atoms with Crippen molar-refractivity contribution in [1.29, 1.82) is 0 Å². The molecular weight excluding hydrogens is 488 g/mol. The lowest BCUT2D eigenvalue weighted by Gasteiger charge is -2.21. The average Bonchev–Trinajstić information content (AvgIpc) is 3.46. The zero-order valence-electron chi connectivity index (χ0n) is 22.9. The summed E-state index contributed by atoms with van der Waals surface area (Å²) in [6, 6.07) is 15.2. The smallest absolute Gasteiger partial charge is 0.232 e. The fraction of sp³-hybridized carbons (Fsp3) is 0.212. The van der Waals surface area contributed by atoms with E-state index < -0.39 is 17.3 Å². The van der Waals surface area contributed by atoms with E-state index >= 15 is 0 Å². The van der Waals surface area contributed by atoms with Crippen molar-refractivity contribution in [3.8, 4) is 0 Å². The minimum atomic E-state index is -0.636. The highest BCUT2D eigenvalue weighted by molar-refractivity contribution is 6.48. The minimum absolute atomic E-state index is 0.0408. The number of carbonyl (C=O) groups is 2. The van der Waals surface area contributed by atoms with Gasteiger partial charge >= 0.3 is 0 Å². The van der Waals surface area contributed by atoms with E-state index in [2.05, 4.69) is 16.0 Å². The van der Waals surface area contributed by atoms with Gasteiger partial charge in [-0.1, -0.05) is 59.7 Å². The summed E-state index contributed by atoms with van der Waals surface area (Å²) in [6.07, 6.45) is 5.14. The van der Waals surface area contributed by atoms with Gasteiger partial charge in [-0.3, -0.25) is 9.59 Å². The number of hydrogen-bond donors (Lipinski definition) is 3. The highest BCUT2D eigenvalue weighted by atomic mass is 16.5. The molecule has 0 radical (unpaired) electrons. The van der Waals surface area contributed by atoms with Crippen LogP contribution < -0.4 is 0 Å². The molecule has 0 bridgehead atoms. The van der Waals surface area contributed by atoms with E-state index in [4.69, 9.17) is 4.74 Å². The zero-order valence-corrected chi connectivity index (χ0v) is 22.9. The molecule has 39 heavy (non-hydrogen) atoms. The summed E-state index contributed by atoms with van der Waals surface area (Å²) in [5.41, 5.74) is 6.55. The first-order chi connectivity index (χ1) is 18.7. The SMILES string of the molecule is COC1=C(c2c(CC=C(C)C)[nH]c3ccccc23)C(=O)C(O)=C(c2c(CC=C(C)C)[nH]c3ccccc23)C1=O. The van der Waals surface area contributed by atoms with Crippen LogP contribution in [0.1, 0.15) is 50.2 Å². The molecule has 2 aromatic heterocycles. The number of Topliss-reactive ketones (excluding diaryl/α,β-unsaturated/α-hetero) is 2. The highest BCUT2D eigenvalue weighted by Gasteiger charge is 2.40. The predicted molar refractivity (Wildman–Crippen MR) is 156 cm³/mol. The number of H-pyrrole nitrogens is 2. The fourth-order valence-corrected chi connectivity index (χ4v) is 5.21. The predicted octanol–water partition coefficient (Wildman–Crippen LogP) is 7.15. The Bertz CT molecular complexity index is 1760. The molecule has 0 spiro atoms. The lowest BCUT2D eigenvalue weighted by Crippen LogP contribution is -2.24. The number of aliphatic hydroxyl groups excluding tert-OH is 1. The number of aliphatic hydroxyl groups is 1. The van der Waals surface area contributed by atoms with Crippen LogP contribution in [0.15, 0.2) is 83.3 Å². The van der Waals surface area contributed by atoms with Gasteiger partial charge in [-0.25, -0.2) is 0 Å². The van der Waals surface area contributed by atoms with Crippen LogP contribution in [0, 0.1) is 0 Å². The van der Waals surface area contributed by atoms with Crippen LogP contribution in [0.2, 0.25) is 0 Å². The second-order valence-corrected chi connectivity index (χ2v) is 10.3.